The summed E-state index contributed by atoms with van der Waals surface area (Å²) in [7, 11) is 0. The average molecular weight is 280 g/mol. The Kier molecular flexibility index (Phi) is 2.67. The van der Waals surface area contributed by atoms with E-state index < -0.39 is 23.2 Å². The molecule has 2 N–H and O–H groups in total. The highest BCUT2D eigenvalue weighted by atomic mass is 32.1. The van der Waals surface area contributed by atoms with Crippen molar-refractivity contribution in [3.8, 4) is 0 Å². The lowest BCUT2D eigenvalue weighted by Crippen LogP contribution is -2.17. The quantitative estimate of drug-likeness (QED) is 0.886. The average Bonchev–Trinajstić information content (AvgIpc) is 2.63. The largest absolute Gasteiger partial charge is 0.481 e. The van der Waals surface area contributed by atoms with E-state index in [1.54, 1.807) is 0 Å². The van der Waals surface area contributed by atoms with Gasteiger partial charge in [0.15, 0.2) is 5.13 Å². The Morgan fingerprint density at radius 3 is 2.68 bits per heavy atom. The van der Waals surface area contributed by atoms with Crippen LogP contribution in [0.25, 0.3) is 0 Å². The molecule has 3 rings (SSSR count). The van der Waals surface area contributed by atoms with Crippen molar-refractivity contribution in [1.29, 1.82) is 0 Å². The fraction of sp³-hybridized carbons (Fsp3) is 0.615. The highest BCUT2D eigenvalue weighted by Gasteiger charge is 2.66. The van der Waals surface area contributed by atoms with E-state index in [2.05, 4.69) is 10.3 Å². The molecule has 1 heterocycles. The number of carbonyl (C=O) groups excluding carboxylic acids is 1. The van der Waals surface area contributed by atoms with Crippen LogP contribution in [0.15, 0.2) is 0 Å². The Labute approximate surface area is 115 Å². The molecule has 6 heteroatoms. The van der Waals surface area contributed by atoms with Crippen LogP contribution >= 0.6 is 11.3 Å². The van der Waals surface area contributed by atoms with Crippen LogP contribution in [-0.2, 0) is 22.4 Å². The number of carboxylic acids is 1. The Morgan fingerprint density at radius 1 is 1.37 bits per heavy atom. The molecular weight excluding hydrogens is 264 g/mol. The molecule has 1 aromatic rings. The number of aromatic nitrogens is 1. The van der Waals surface area contributed by atoms with E-state index in [0.29, 0.717) is 5.13 Å². The number of aryl methyl sites for hydroxylation is 2. The van der Waals surface area contributed by atoms with Gasteiger partial charge in [0.1, 0.15) is 0 Å². The van der Waals surface area contributed by atoms with Crippen LogP contribution in [0.1, 0.15) is 30.8 Å². The second kappa shape index (κ2) is 4.03. The first-order chi connectivity index (χ1) is 8.91. The first-order valence-electron chi connectivity index (χ1n) is 6.43. The highest BCUT2D eigenvalue weighted by Crippen LogP contribution is 2.58. The molecule has 2 aliphatic carbocycles. The number of aliphatic carboxylic acids is 1. The summed E-state index contributed by atoms with van der Waals surface area (Å²) in [5.74, 6) is -2.15. The van der Waals surface area contributed by atoms with E-state index >= 15 is 0 Å². The van der Waals surface area contributed by atoms with E-state index in [9.17, 15) is 9.59 Å². The van der Waals surface area contributed by atoms with Gasteiger partial charge in [0, 0.05) is 4.88 Å². The van der Waals surface area contributed by atoms with Gasteiger partial charge in [-0.05, 0) is 24.7 Å². The van der Waals surface area contributed by atoms with Gasteiger partial charge in [0.2, 0.25) is 5.91 Å². The van der Waals surface area contributed by atoms with Gasteiger partial charge < -0.3 is 10.4 Å². The predicted molar refractivity (Wildman–Crippen MR) is 71.2 cm³/mol. The Balaban J connectivity index is 1.70. The number of rotatable bonds is 3. The Hall–Kier alpha value is -1.43. The molecule has 5 nitrogen and oxygen atoms in total. The number of thiazole rings is 1. The second-order valence-electron chi connectivity index (χ2n) is 5.85. The smallest absolute Gasteiger partial charge is 0.307 e. The third-order valence-electron chi connectivity index (χ3n) is 4.20. The Bertz CT molecular complexity index is 543. The first-order valence-corrected chi connectivity index (χ1v) is 7.25. The lowest BCUT2D eigenvalue weighted by atomic mass is 10.1. The van der Waals surface area contributed by atoms with Gasteiger partial charge in [-0.15, -0.1) is 11.3 Å². The number of carbonyl (C=O) groups is 2. The van der Waals surface area contributed by atoms with Gasteiger partial charge in [0.25, 0.3) is 0 Å². The van der Waals surface area contributed by atoms with Crippen LogP contribution in [0, 0.1) is 17.3 Å². The number of carboxylic acid groups (broad SMARTS) is 1. The molecule has 2 aliphatic rings. The summed E-state index contributed by atoms with van der Waals surface area (Å²) in [6.07, 6.45) is 3.16. The molecule has 0 unspecified atom stereocenters. The lowest BCUT2D eigenvalue weighted by molar-refractivity contribution is -0.140. The molecule has 19 heavy (non-hydrogen) atoms. The number of fused-ring (bicyclic) bond motifs is 1. The summed E-state index contributed by atoms with van der Waals surface area (Å²) in [6.45, 7) is 3.63. The molecule has 0 aliphatic heterocycles. The number of nitrogens with zero attached hydrogens (tertiary/aromatic N) is 1. The van der Waals surface area contributed by atoms with Crippen LogP contribution in [0.3, 0.4) is 0 Å². The fourth-order valence-corrected chi connectivity index (χ4v) is 4.07. The molecule has 0 saturated heterocycles. The summed E-state index contributed by atoms with van der Waals surface area (Å²) >= 11 is 1.51. The van der Waals surface area contributed by atoms with Crippen molar-refractivity contribution >= 4 is 28.3 Å². The van der Waals surface area contributed by atoms with Gasteiger partial charge in [-0.2, -0.15) is 0 Å². The van der Waals surface area contributed by atoms with Crippen LogP contribution in [0.5, 0.6) is 0 Å². The van der Waals surface area contributed by atoms with E-state index in [0.717, 1.165) is 25.0 Å². The molecule has 1 aromatic heterocycles. The number of nitrogens with one attached hydrogen (secondary N) is 1. The predicted octanol–water partition coefficient (Wildman–Crippen LogP) is 1.93. The molecule has 0 radical (unpaired) electrons. The van der Waals surface area contributed by atoms with Crippen molar-refractivity contribution in [3.05, 3.63) is 10.6 Å². The topological polar surface area (TPSA) is 79.3 Å². The molecule has 0 bridgehead atoms. The summed E-state index contributed by atoms with van der Waals surface area (Å²) in [4.78, 5) is 28.8. The number of anilines is 1. The molecular formula is C13H16N2O3S. The number of hydrogen-bond acceptors (Lipinski definition) is 4. The van der Waals surface area contributed by atoms with Crippen LogP contribution in [0.4, 0.5) is 5.13 Å². The summed E-state index contributed by atoms with van der Waals surface area (Å²) in [6, 6.07) is 0. The van der Waals surface area contributed by atoms with Crippen LogP contribution < -0.4 is 5.32 Å². The van der Waals surface area contributed by atoms with E-state index in [-0.39, 0.29) is 5.91 Å². The molecule has 102 valence electrons. The van der Waals surface area contributed by atoms with Crippen molar-refractivity contribution in [2.45, 2.75) is 33.1 Å². The molecule has 0 spiro atoms. The normalized spacial score (nSPS) is 26.8. The SMILES string of the molecule is CC1(C)[C@H](C(=O)O)[C@@H]1C(=O)Nc1nc2c(s1)CCC2. The standard InChI is InChI=1S/C13H16N2O3S/c1-13(2)8(9(13)11(17)18)10(16)15-12-14-6-4-3-5-7(6)19-12/h8-9H,3-5H2,1-2H3,(H,17,18)(H,14,15,16)/t8-,9+/m1/s1. The van der Waals surface area contributed by atoms with Gasteiger partial charge in [-0.3, -0.25) is 9.59 Å². The highest BCUT2D eigenvalue weighted by molar-refractivity contribution is 7.15. The molecule has 1 saturated carbocycles. The molecule has 0 aromatic carbocycles. The van der Waals surface area contributed by atoms with Crippen LogP contribution in [-0.4, -0.2) is 22.0 Å². The number of hydrogen-bond donors (Lipinski definition) is 2. The zero-order chi connectivity index (χ0) is 13.8. The molecule has 1 amide bonds. The van der Waals surface area contributed by atoms with Crippen molar-refractivity contribution in [3.63, 3.8) is 0 Å². The minimum atomic E-state index is -0.896. The van der Waals surface area contributed by atoms with Crippen LogP contribution in [0.2, 0.25) is 0 Å². The summed E-state index contributed by atoms with van der Waals surface area (Å²) < 4.78 is 0. The summed E-state index contributed by atoms with van der Waals surface area (Å²) in [5.41, 5.74) is 0.626. The second-order valence-corrected chi connectivity index (χ2v) is 6.93. The minimum Gasteiger partial charge on any atom is -0.481 e. The maximum atomic E-state index is 12.1. The van der Waals surface area contributed by atoms with E-state index in [4.69, 9.17) is 5.11 Å². The zero-order valence-electron chi connectivity index (χ0n) is 10.9. The van der Waals surface area contributed by atoms with Gasteiger partial charge in [-0.1, -0.05) is 13.8 Å². The first kappa shape index (κ1) is 12.6. The monoisotopic (exact) mass is 280 g/mol. The van der Waals surface area contributed by atoms with Crippen molar-refractivity contribution in [2.75, 3.05) is 5.32 Å². The van der Waals surface area contributed by atoms with E-state index in [1.807, 2.05) is 13.8 Å². The molecule has 2 atom stereocenters. The molecule has 1 fully saturated rings. The van der Waals surface area contributed by atoms with Crippen molar-refractivity contribution in [2.24, 2.45) is 17.3 Å². The van der Waals surface area contributed by atoms with Gasteiger partial charge in [0.05, 0.1) is 17.5 Å². The van der Waals surface area contributed by atoms with Crippen molar-refractivity contribution < 1.29 is 14.7 Å². The van der Waals surface area contributed by atoms with Crippen molar-refractivity contribution in [1.82, 2.24) is 4.98 Å². The third-order valence-corrected chi connectivity index (χ3v) is 5.27. The minimum absolute atomic E-state index is 0.218. The maximum Gasteiger partial charge on any atom is 0.307 e. The zero-order valence-corrected chi connectivity index (χ0v) is 11.7. The van der Waals surface area contributed by atoms with E-state index in [1.165, 1.54) is 16.2 Å². The fourth-order valence-electron chi connectivity index (χ4n) is 3.01. The lowest BCUT2D eigenvalue weighted by Gasteiger charge is -2.02. The summed E-state index contributed by atoms with van der Waals surface area (Å²) in [5, 5.41) is 12.5. The van der Waals surface area contributed by atoms with Gasteiger partial charge in [-0.25, -0.2) is 4.98 Å². The maximum absolute atomic E-state index is 12.1. The third kappa shape index (κ3) is 1.94. The Morgan fingerprint density at radius 2 is 2.11 bits per heavy atom. The van der Waals surface area contributed by atoms with Gasteiger partial charge >= 0.3 is 5.97 Å². The number of amides is 1.